The Morgan fingerprint density at radius 1 is 0.561 bits per heavy atom. The number of amides is 6. The Morgan fingerprint density at radius 2 is 1.00 bits per heavy atom. The van der Waals surface area contributed by atoms with Crippen molar-refractivity contribution in [2.24, 2.45) is 11.5 Å². The molecule has 0 unspecified atom stereocenters. The smallest absolute Gasteiger partial charge is 0.305 e. The molecule has 0 fully saturated rings. The van der Waals surface area contributed by atoms with Crippen molar-refractivity contribution in [3.8, 4) is 0 Å². The van der Waals surface area contributed by atoms with E-state index in [1.54, 1.807) is 24.3 Å². The Morgan fingerprint density at radius 3 is 1.44 bits per heavy atom. The van der Waals surface area contributed by atoms with E-state index in [1.807, 2.05) is 39.5 Å². The standard InChI is InChI=1S/C34H44N8O14.H3N/c35-10-4-3-7-20(30(52)37-19-9-8-17-5-1-2-6-18(17)11-19)39-32(54)22(13-27(46)47)41-34(56)24(15-29(50)51)42-33(55)23(14-28(48)49)40-31(53)21(12-26(44)45)38-25(43)16-36;/h1-2,5-6,8-9,11,20-24H,3-4,7,10,12-16,35-36H2,(H,37,52)(H,38,43)(H,39,54)(H,40,53)(H,41,56)(H,42,55)(H,44,45)(H,46,47)(H,48,49)(H,50,51);1H3/t20-,21-,22-,23-,24-;/m0./s1. The monoisotopic (exact) mass is 805 g/mol. The van der Waals surface area contributed by atoms with Crippen LogP contribution in [0.15, 0.2) is 42.5 Å². The second-order valence-electron chi connectivity index (χ2n) is 12.3. The molecular weight excluding hydrogens is 758 g/mol. The van der Waals surface area contributed by atoms with Crippen molar-refractivity contribution in [1.29, 1.82) is 0 Å². The maximum atomic E-state index is 13.4. The average Bonchev–Trinajstić information content (AvgIpc) is 3.12. The van der Waals surface area contributed by atoms with Crippen LogP contribution in [-0.2, 0) is 47.9 Å². The van der Waals surface area contributed by atoms with E-state index in [2.05, 4.69) is 10.6 Å². The van der Waals surface area contributed by atoms with Crippen LogP contribution in [-0.4, -0.2) is 118 Å². The summed E-state index contributed by atoms with van der Waals surface area (Å²) in [6.07, 6.45) is -3.82. The van der Waals surface area contributed by atoms with E-state index in [9.17, 15) is 63.3 Å². The third-order valence-corrected chi connectivity index (χ3v) is 7.84. The molecule has 312 valence electrons. The third-order valence-electron chi connectivity index (χ3n) is 7.84. The first kappa shape index (κ1) is 48.3. The Labute approximate surface area is 324 Å². The van der Waals surface area contributed by atoms with Gasteiger partial charge in [0.15, 0.2) is 0 Å². The first-order valence-electron chi connectivity index (χ1n) is 17.0. The molecular formula is C34H47N9O14. The summed E-state index contributed by atoms with van der Waals surface area (Å²) in [5, 5.41) is 54.1. The van der Waals surface area contributed by atoms with Crippen molar-refractivity contribution in [2.75, 3.05) is 18.4 Å². The molecule has 0 saturated heterocycles. The van der Waals surface area contributed by atoms with Crippen LogP contribution in [0.5, 0.6) is 0 Å². The molecule has 0 aromatic heterocycles. The molecule has 0 aliphatic rings. The van der Waals surface area contributed by atoms with E-state index in [0.29, 0.717) is 18.5 Å². The highest BCUT2D eigenvalue weighted by Gasteiger charge is 2.34. The first-order valence-corrected chi connectivity index (χ1v) is 17.0. The summed E-state index contributed by atoms with van der Waals surface area (Å²) in [6, 6.07) is 2.97. The molecule has 17 N–H and O–H groups in total. The van der Waals surface area contributed by atoms with Gasteiger partial charge in [-0.05, 0) is 48.7 Å². The molecule has 0 saturated carbocycles. The second kappa shape index (κ2) is 23.9. The number of carboxylic acid groups (broad SMARTS) is 4. The number of hydrogen-bond acceptors (Lipinski definition) is 13. The topological polar surface area (TPSA) is 415 Å². The number of nitrogens with one attached hydrogen (secondary N) is 6. The van der Waals surface area contributed by atoms with Gasteiger partial charge in [-0.3, -0.25) is 43.2 Å². The lowest BCUT2D eigenvalue weighted by Crippen LogP contribution is -2.60. The quantitative estimate of drug-likeness (QED) is 0.0453. The molecule has 2 rings (SSSR count). The van der Waals surface area contributed by atoms with Crippen LogP contribution >= 0.6 is 0 Å². The molecule has 6 amide bonds. The predicted molar refractivity (Wildman–Crippen MR) is 197 cm³/mol. The van der Waals surface area contributed by atoms with Gasteiger partial charge in [0.25, 0.3) is 0 Å². The van der Waals surface area contributed by atoms with Crippen molar-refractivity contribution in [1.82, 2.24) is 32.7 Å². The van der Waals surface area contributed by atoms with Crippen LogP contribution in [0.1, 0.15) is 44.9 Å². The number of unbranched alkanes of at least 4 members (excludes halogenated alkanes) is 1. The number of carbonyl (C=O) groups excluding carboxylic acids is 7. The lowest BCUT2D eigenvalue weighted by molar-refractivity contribution is -0.306. The summed E-state index contributed by atoms with van der Waals surface area (Å²) < 4.78 is 0. The number of fused-ring (bicyclic) bond motifs is 1. The first-order chi connectivity index (χ1) is 26.4. The fourth-order valence-corrected chi connectivity index (χ4v) is 5.13. The van der Waals surface area contributed by atoms with Gasteiger partial charge in [-0.2, -0.15) is 0 Å². The number of hydrogen-bond donors (Lipinski definition) is 12. The molecule has 0 heterocycles. The molecule has 0 aliphatic heterocycles. The van der Waals surface area contributed by atoms with Crippen LogP contribution < -0.4 is 54.6 Å². The number of benzene rings is 2. The fraction of sp³-hybridized carbons (Fsp3) is 0.412. The van der Waals surface area contributed by atoms with Crippen molar-refractivity contribution >= 4 is 75.8 Å². The molecule has 23 nitrogen and oxygen atoms in total. The largest absolute Gasteiger partial charge is 0.550 e. The van der Waals surface area contributed by atoms with E-state index >= 15 is 0 Å². The van der Waals surface area contributed by atoms with Crippen LogP contribution in [0.2, 0.25) is 0 Å². The molecule has 23 heteroatoms. The maximum absolute atomic E-state index is 13.4. The van der Waals surface area contributed by atoms with Gasteiger partial charge in [0.05, 0.1) is 25.8 Å². The van der Waals surface area contributed by atoms with Crippen molar-refractivity contribution in [3.05, 3.63) is 42.5 Å². The summed E-state index contributed by atoms with van der Waals surface area (Å²) in [7, 11) is 0. The van der Waals surface area contributed by atoms with E-state index in [-0.39, 0.29) is 19.1 Å². The zero-order valence-corrected chi connectivity index (χ0v) is 30.8. The van der Waals surface area contributed by atoms with Crippen LogP contribution in [0.4, 0.5) is 5.69 Å². The average molecular weight is 806 g/mol. The van der Waals surface area contributed by atoms with Gasteiger partial charge >= 0.3 is 17.9 Å². The number of carbonyl (C=O) groups is 10. The Bertz CT molecular complexity index is 1810. The van der Waals surface area contributed by atoms with Gasteiger partial charge in [-0.25, -0.2) is 0 Å². The van der Waals surface area contributed by atoms with Crippen LogP contribution in [0, 0.1) is 0 Å². The lowest BCUT2D eigenvalue weighted by atomic mass is 10.1. The molecule has 5 atom stereocenters. The summed E-state index contributed by atoms with van der Waals surface area (Å²) in [6.45, 7) is -0.420. The van der Waals surface area contributed by atoms with Gasteiger partial charge in [0.1, 0.15) is 30.2 Å². The third kappa shape index (κ3) is 17.1. The Hall–Kier alpha value is -6.72. The van der Waals surface area contributed by atoms with Crippen molar-refractivity contribution in [3.63, 3.8) is 0 Å². The minimum atomic E-state index is -2.13. The lowest BCUT2D eigenvalue weighted by Gasteiger charge is -2.26. The second-order valence-corrected chi connectivity index (χ2v) is 12.3. The molecule has 0 aliphatic carbocycles. The SMILES string of the molecule is NCCCC[C@H](NC(=O)[C@H](CC(=O)[O-])NC(=O)[C@H](CC(=O)O)NC(=O)[C@H](CC(=O)O)NC(=O)[C@H](CC(=O)O)NC(=O)CN)C(=O)Nc1ccc2ccccc2c1.[NH4+]. The molecule has 0 bridgehead atoms. The summed E-state index contributed by atoms with van der Waals surface area (Å²) in [5.41, 5.74) is 11.1. The zero-order valence-electron chi connectivity index (χ0n) is 30.8. The van der Waals surface area contributed by atoms with E-state index in [4.69, 9.17) is 16.6 Å². The number of nitrogens with two attached hydrogens (primary N) is 2. The fourth-order valence-electron chi connectivity index (χ4n) is 5.13. The highest BCUT2D eigenvalue weighted by atomic mass is 16.4. The van der Waals surface area contributed by atoms with Crippen LogP contribution in [0.3, 0.4) is 0 Å². The predicted octanol–water partition coefficient (Wildman–Crippen LogP) is -3.77. The van der Waals surface area contributed by atoms with Crippen molar-refractivity contribution < 1.29 is 68.4 Å². The normalized spacial score (nSPS) is 13.2. The number of rotatable bonds is 24. The van der Waals surface area contributed by atoms with Gasteiger partial charge in [-0.1, -0.05) is 30.3 Å². The number of aliphatic carboxylic acids is 4. The zero-order chi connectivity index (χ0) is 41.9. The summed E-state index contributed by atoms with van der Waals surface area (Å²) >= 11 is 0. The number of carboxylic acids is 4. The Kier molecular flexibility index (Phi) is 20.3. The summed E-state index contributed by atoms with van der Waals surface area (Å²) in [5.74, 6) is -14.0. The maximum Gasteiger partial charge on any atom is 0.305 e. The molecule has 2 aromatic carbocycles. The minimum absolute atomic E-state index is 0. The van der Waals surface area contributed by atoms with E-state index in [0.717, 1.165) is 10.8 Å². The summed E-state index contributed by atoms with van der Waals surface area (Å²) in [4.78, 5) is 124. The number of anilines is 1. The molecule has 2 aromatic rings. The van der Waals surface area contributed by atoms with Gasteiger partial charge in [-0.15, -0.1) is 0 Å². The van der Waals surface area contributed by atoms with Crippen molar-refractivity contribution in [2.45, 2.75) is 75.2 Å². The molecule has 57 heavy (non-hydrogen) atoms. The molecule has 0 radical (unpaired) electrons. The highest BCUT2D eigenvalue weighted by Crippen LogP contribution is 2.19. The minimum Gasteiger partial charge on any atom is -0.550 e. The van der Waals surface area contributed by atoms with Gasteiger partial charge in [0, 0.05) is 18.1 Å². The van der Waals surface area contributed by atoms with Gasteiger partial charge < -0.3 is 74.7 Å². The Balaban J connectivity index is 0.0000162. The van der Waals surface area contributed by atoms with E-state index < -0.39 is 122 Å². The van der Waals surface area contributed by atoms with E-state index in [1.165, 1.54) is 0 Å². The number of quaternary nitrogens is 1. The molecule has 0 spiro atoms. The van der Waals surface area contributed by atoms with Gasteiger partial charge in [0.2, 0.25) is 35.4 Å². The highest BCUT2D eigenvalue weighted by molar-refractivity contribution is 6.02. The van der Waals surface area contributed by atoms with Crippen LogP contribution in [0.25, 0.3) is 10.8 Å².